The Morgan fingerprint density at radius 3 is 2.55 bits per heavy atom. The SMILES string of the molecule is CC1CC(F)(F)CN1C(=O)c1nc(C(=O)NCC(C)(C)O)sc1-c1cnc(NC2CCCC2)cc1C(F)F. The van der Waals surface area contributed by atoms with Crippen molar-refractivity contribution in [3.63, 3.8) is 0 Å². The van der Waals surface area contributed by atoms with E-state index in [4.69, 9.17) is 0 Å². The number of aliphatic hydroxyl groups is 1. The number of hydrogen-bond acceptors (Lipinski definition) is 7. The Labute approximate surface area is 221 Å². The van der Waals surface area contributed by atoms with Crippen LogP contribution in [0.1, 0.15) is 85.2 Å². The maximum atomic E-state index is 14.2. The molecule has 1 aliphatic heterocycles. The molecule has 0 radical (unpaired) electrons. The smallest absolute Gasteiger partial charge is 0.280 e. The minimum atomic E-state index is -3.10. The summed E-state index contributed by atoms with van der Waals surface area (Å²) in [5.74, 6) is -4.44. The van der Waals surface area contributed by atoms with Gasteiger partial charge in [-0.2, -0.15) is 0 Å². The molecule has 0 bridgehead atoms. The lowest BCUT2D eigenvalue weighted by molar-refractivity contribution is 0.0118. The van der Waals surface area contributed by atoms with Gasteiger partial charge in [0.05, 0.1) is 17.0 Å². The van der Waals surface area contributed by atoms with E-state index in [-0.39, 0.29) is 39.5 Å². The van der Waals surface area contributed by atoms with E-state index in [9.17, 15) is 32.3 Å². The van der Waals surface area contributed by atoms with Gasteiger partial charge in [0, 0.05) is 42.4 Å². The van der Waals surface area contributed by atoms with E-state index in [2.05, 4.69) is 20.6 Å². The van der Waals surface area contributed by atoms with Crippen molar-refractivity contribution in [3.05, 3.63) is 28.5 Å². The van der Waals surface area contributed by atoms with Crippen molar-refractivity contribution >= 4 is 29.0 Å². The van der Waals surface area contributed by atoms with Gasteiger partial charge in [-0.1, -0.05) is 12.8 Å². The van der Waals surface area contributed by atoms with Gasteiger partial charge < -0.3 is 20.6 Å². The first-order valence-electron chi connectivity index (χ1n) is 12.5. The normalized spacial score (nSPS) is 19.8. The third-order valence-corrected chi connectivity index (χ3v) is 7.70. The van der Waals surface area contributed by atoms with E-state index in [1.807, 2.05) is 0 Å². The molecule has 2 aromatic rings. The number of alkyl halides is 4. The molecule has 0 aromatic carbocycles. The quantitative estimate of drug-likeness (QED) is 0.400. The standard InChI is InChI=1S/C25H31F4N5O3S/c1-13-9-25(28,29)12-34(13)23(36)18-19(38-22(33-18)21(35)31-11-24(2,3)37)16-10-30-17(8-15(16)20(26)27)32-14-6-4-5-7-14/h8,10,13-14,20,37H,4-7,9,11-12H2,1-3H3,(H,30,32)(H,31,35). The minimum Gasteiger partial charge on any atom is -0.389 e. The first kappa shape index (κ1) is 28.2. The highest BCUT2D eigenvalue weighted by molar-refractivity contribution is 7.17. The molecule has 1 saturated carbocycles. The minimum absolute atomic E-state index is 0.0546. The third-order valence-electron chi connectivity index (χ3n) is 6.62. The molecule has 2 fully saturated rings. The summed E-state index contributed by atoms with van der Waals surface area (Å²) >= 11 is 0.696. The van der Waals surface area contributed by atoms with Gasteiger partial charge >= 0.3 is 0 Å². The number of carbonyl (C=O) groups is 2. The molecule has 0 spiro atoms. The number of hydrogen-bond donors (Lipinski definition) is 3. The van der Waals surface area contributed by atoms with E-state index in [1.165, 1.54) is 33.0 Å². The number of pyridine rings is 1. The first-order valence-corrected chi connectivity index (χ1v) is 13.3. The van der Waals surface area contributed by atoms with Crippen molar-refractivity contribution in [2.45, 2.75) is 82.9 Å². The van der Waals surface area contributed by atoms with Gasteiger partial charge in [0.15, 0.2) is 5.01 Å². The molecule has 8 nitrogen and oxygen atoms in total. The molecule has 3 heterocycles. The fourth-order valence-corrected chi connectivity index (χ4v) is 5.74. The zero-order valence-corrected chi connectivity index (χ0v) is 22.2. The number of rotatable bonds is 8. The van der Waals surface area contributed by atoms with Crippen molar-refractivity contribution in [2.24, 2.45) is 0 Å². The molecule has 1 unspecified atom stereocenters. The molecule has 208 valence electrons. The zero-order valence-electron chi connectivity index (χ0n) is 21.4. The van der Waals surface area contributed by atoms with Crippen LogP contribution in [0.15, 0.2) is 12.3 Å². The molecule has 13 heteroatoms. The number of amides is 2. The van der Waals surface area contributed by atoms with Crippen molar-refractivity contribution in [3.8, 4) is 10.4 Å². The Bertz CT molecular complexity index is 1190. The van der Waals surface area contributed by atoms with E-state index in [0.717, 1.165) is 30.6 Å². The first-order chi connectivity index (χ1) is 17.7. The second-order valence-electron chi connectivity index (χ2n) is 10.6. The summed E-state index contributed by atoms with van der Waals surface area (Å²) in [4.78, 5) is 35.5. The summed E-state index contributed by atoms with van der Waals surface area (Å²) in [5.41, 5.74) is -2.12. The van der Waals surface area contributed by atoms with Gasteiger partial charge in [0.2, 0.25) is 0 Å². The number of anilines is 1. The van der Waals surface area contributed by atoms with Crippen LogP contribution in [0.4, 0.5) is 23.4 Å². The van der Waals surface area contributed by atoms with Crippen LogP contribution in [0.25, 0.3) is 10.4 Å². The molecule has 2 aliphatic rings. The molecule has 1 atom stereocenters. The zero-order chi connectivity index (χ0) is 27.8. The number of aromatic nitrogens is 2. The lowest BCUT2D eigenvalue weighted by Gasteiger charge is -2.20. The molecular weight excluding hydrogens is 526 g/mol. The van der Waals surface area contributed by atoms with Crippen LogP contribution in [0.3, 0.4) is 0 Å². The lowest BCUT2D eigenvalue weighted by Crippen LogP contribution is -2.38. The monoisotopic (exact) mass is 557 g/mol. The maximum absolute atomic E-state index is 14.2. The number of likely N-dealkylation sites (tertiary alicyclic amines) is 1. The van der Waals surface area contributed by atoms with Gasteiger partial charge in [-0.05, 0) is 39.7 Å². The van der Waals surface area contributed by atoms with E-state index in [0.29, 0.717) is 11.3 Å². The van der Waals surface area contributed by atoms with Crippen LogP contribution in [0.2, 0.25) is 0 Å². The van der Waals surface area contributed by atoms with E-state index >= 15 is 0 Å². The predicted molar refractivity (Wildman–Crippen MR) is 135 cm³/mol. The van der Waals surface area contributed by atoms with Crippen LogP contribution in [-0.2, 0) is 0 Å². The summed E-state index contributed by atoms with van der Waals surface area (Å²) in [7, 11) is 0. The second-order valence-corrected chi connectivity index (χ2v) is 11.6. The average Bonchev–Trinajstić information content (AvgIpc) is 3.55. The third kappa shape index (κ3) is 6.42. The van der Waals surface area contributed by atoms with Gasteiger partial charge in [-0.15, -0.1) is 11.3 Å². The van der Waals surface area contributed by atoms with Crippen LogP contribution >= 0.6 is 11.3 Å². The molecule has 3 N–H and O–H groups in total. The Kier molecular flexibility index (Phi) is 7.99. The molecule has 38 heavy (non-hydrogen) atoms. The fraction of sp³-hybridized carbons (Fsp3) is 0.600. The van der Waals surface area contributed by atoms with Gasteiger partial charge in [0.1, 0.15) is 11.5 Å². The second kappa shape index (κ2) is 10.8. The van der Waals surface area contributed by atoms with Crippen molar-refractivity contribution in [2.75, 3.05) is 18.4 Å². The van der Waals surface area contributed by atoms with Crippen LogP contribution in [0.5, 0.6) is 0 Å². The molecule has 4 rings (SSSR count). The predicted octanol–water partition coefficient (Wildman–Crippen LogP) is 4.87. The number of nitrogens with one attached hydrogen (secondary N) is 2. The summed E-state index contributed by atoms with van der Waals surface area (Å²) in [5, 5.41) is 15.4. The van der Waals surface area contributed by atoms with E-state index in [1.54, 1.807) is 0 Å². The Morgan fingerprint density at radius 1 is 1.29 bits per heavy atom. The highest BCUT2D eigenvalue weighted by Gasteiger charge is 2.46. The summed E-state index contributed by atoms with van der Waals surface area (Å²) in [6.45, 7) is 3.45. The average molecular weight is 558 g/mol. The number of thiazole rings is 1. The Morgan fingerprint density at radius 2 is 1.97 bits per heavy atom. The van der Waals surface area contributed by atoms with Gasteiger partial charge in [-0.25, -0.2) is 27.5 Å². The molecule has 1 aliphatic carbocycles. The summed E-state index contributed by atoms with van der Waals surface area (Å²) < 4.78 is 56.6. The van der Waals surface area contributed by atoms with Crippen LogP contribution < -0.4 is 10.6 Å². The molecule has 2 aromatic heterocycles. The number of nitrogens with zero attached hydrogens (tertiary/aromatic N) is 3. The highest BCUT2D eigenvalue weighted by atomic mass is 32.1. The highest BCUT2D eigenvalue weighted by Crippen LogP contribution is 2.40. The van der Waals surface area contributed by atoms with Gasteiger partial charge in [-0.3, -0.25) is 9.59 Å². The fourth-order valence-electron chi connectivity index (χ4n) is 4.74. The van der Waals surface area contributed by atoms with Crippen molar-refractivity contribution in [1.82, 2.24) is 20.2 Å². The Balaban J connectivity index is 1.74. The number of halogens is 4. The molecule has 1 saturated heterocycles. The summed E-state index contributed by atoms with van der Waals surface area (Å²) in [6, 6.07) is 0.529. The Hall–Kier alpha value is -2.80. The lowest BCUT2D eigenvalue weighted by atomic mass is 10.1. The van der Waals surface area contributed by atoms with Gasteiger partial charge in [0.25, 0.3) is 24.2 Å². The van der Waals surface area contributed by atoms with Crippen molar-refractivity contribution < 1.29 is 32.3 Å². The number of carbonyl (C=O) groups excluding carboxylic acids is 2. The molecular formula is C25H31F4N5O3S. The molecule has 2 amide bonds. The maximum Gasteiger partial charge on any atom is 0.280 e. The summed E-state index contributed by atoms with van der Waals surface area (Å²) in [6.07, 6.45) is 1.61. The topological polar surface area (TPSA) is 107 Å². The largest absolute Gasteiger partial charge is 0.389 e. The van der Waals surface area contributed by atoms with Crippen LogP contribution in [0, 0.1) is 0 Å². The van der Waals surface area contributed by atoms with Crippen molar-refractivity contribution in [1.29, 1.82) is 0 Å². The van der Waals surface area contributed by atoms with Crippen LogP contribution in [-0.4, -0.2) is 68.5 Å². The van der Waals surface area contributed by atoms with E-state index < -0.39 is 54.3 Å².